The Morgan fingerprint density at radius 3 is 1.92 bits per heavy atom. The van der Waals surface area contributed by atoms with E-state index in [1.54, 1.807) is 0 Å². The Hall–Kier alpha value is 2.11. The molecule has 0 atom stereocenters. The summed E-state index contributed by atoms with van der Waals surface area (Å²) in [7, 11) is 0. The second kappa shape index (κ2) is 5.86. The quantitative estimate of drug-likeness (QED) is 0.224. The zero-order chi connectivity index (χ0) is 8.59. The van der Waals surface area contributed by atoms with Gasteiger partial charge in [-0.1, -0.05) is 0 Å². The van der Waals surface area contributed by atoms with Crippen LogP contribution in [0.1, 0.15) is 0 Å². The smallest absolute Gasteiger partial charge is 0.0473 e. The van der Waals surface area contributed by atoms with Gasteiger partial charge in [-0.05, 0) is 69.8 Å². The van der Waals surface area contributed by atoms with E-state index in [-0.39, 0.29) is 19.5 Å². The van der Waals surface area contributed by atoms with Crippen LogP contribution in [0.5, 0.6) is 0 Å². The second-order valence-corrected chi connectivity index (χ2v) is 5.56. The third kappa shape index (κ3) is 3.06. The molecule has 0 N–H and O–H groups in total. The first-order valence-corrected chi connectivity index (χ1v) is 6.18. The van der Waals surface area contributed by atoms with Crippen LogP contribution in [0.25, 0.3) is 0 Å². The van der Waals surface area contributed by atoms with Crippen molar-refractivity contribution in [1.29, 1.82) is 0 Å². The molecule has 0 saturated heterocycles. The predicted molar refractivity (Wildman–Crippen MR) is 64.5 cm³/mol. The van der Waals surface area contributed by atoms with Crippen LogP contribution >= 0.6 is 76.3 Å². The van der Waals surface area contributed by atoms with Gasteiger partial charge in [0.15, 0.2) is 0 Å². The molecule has 0 saturated carbocycles. The molecule has 0 aliphatic rings. The topological polar surface area (TPSA) is 0 Å². The first kappa shape index (κ1) is 14.1. The minimum absolute atomic E-state index is 0. The van der Waals surface area contributed by atoms with Crippen molar-refractivity contribution in [1.82, 2.24) is 0 Å². The first-order chi connectivity index (χ1) is 5.04. The summed E-state index contributed by atoms with van der Waals surface area (Å²) in [5.41, 5.74) is 0. The van der Waals surface area contributed by atoms with Crippen molar-refractivity contribution in [3.63, 3.8) is 0 Å². The number of rotatable bonds is 0. The van der Waals surface area contributed by atoms with E-state index in [0.717, 1.165) is 22.8 Å². The summed E-state index contributed by atoms with van der Waals surface area (Å²) >= 11 is 17.8. The third-order valence-electron chi connectivity index (χ3n) is 1.09. The second-order valence-electron chi connectivity index (χ2n) is 1.82. The normalized spacial score (nSPS) is 9.42. The molecule has 62 valence electrons. The number of benzene rings is 1. The number of halogens is 4. The molecule has 6 heteroatoms. The average Bonchev–Trinajstić information content (AvgIpc) is 1.97. The van der Waals surface area contributed by atoms with E-state index in [9.17, 15) is 0 Å². The molecule has 0 nitrogen and oxygen atoms in total. The fraction of sp³-hybridized carbons (Fsp3) is 0. The summed E-state index contributed by atoms with van der Waals surface area (Å²) in [6, 6.07) is 1.94. The molecule has 0 fully saturated rings. The van der Waals surface area contributed by atoms with Crippen LogP contribution < -0.4 is 0 Å². The molecule has 1 aromatic rings. The van der Waals surface area contributed by atoms with Crippen LogP contribution in [0, 0.1) is 0 Å². The molecule has 12 heavy (non-hydrogen) atoms. The van der Waals surface area contributed by atoms with Gasteiger partial charge < -0.3 is 0 Å². The van der Waals surface area contributed by atoms with Gasteiger partial charge in [0, 0.05) is 42.3 Å². The minimum atomic E-state index is 0. The SMILES string of the molecule is Sc1c(Br)cc(Br)c(Br)c1Br.[Zn]. The molecule has 0 radical (unpaired) electrons. The van der Waals surface area contributed by atoms with Gasteiger partial charge in [-0.3, -0.25) is 0 Å². The summed E-state index contributed by atoms with van der Waals surface area (Å²) in [5.74, 6) is 0. The Bertz CT molecular complexity index is 276. The van der Waals surface area contributed by atoms with E-state index >= 15 is 0 Å². The standard InChI is InChI=1S/C6H2Br4S.Zn/c7-2-1-3(8)6(11)5(10)4(2)9;/h1,11H;. The van der Waals surface area contributed by atoms with Gasteiger partial charge >= 0.3 is 0 Å². The molecule has 0 aromatic heterocycles. The molecule has 0 aliphatic heterocycles. The molecule has 0 spiro atoms. The van der Waals surface area contributed by atoms with Crippen LogP contribution in [-0.2, 0) is 19.5 Å². The number of thiol groups is 1. The Kier molecular flexibility index (Phi) is 6.90. The average molecular weight is 491 g/mol. The fourth-order valence-corrected chi connectivity index (χ4v) is 3.32. The predicted octanol–water partition coefficient (Wildman–Crippen LogP) is 5.02. The summed E-state index contributed by atoms with van der Waals surface area (Å²) in [6.45, 7) is 0. The Labute approximate surface area is 123 Å². The van der Waals surface area contributed by atoms with Gasteiger partial charge in [0.05, 0.1) is 0 Å². The Morgan fingerprint density at radius 2 is 1.42 bits per heavy atom. The van der Waals surface area contributed by atoms with Crippen LogP contribution in [0.2, 0.25) is 0 Å². The van der Waals surface area contributed by atoms with Crippen molar-refractivity contribution in [3.8, 4) is 0 Å². The molecule has 1 aromatic carbocycles. The van der Waals surface area contributed by atoms with E-state index in [1.165, 1.54) is 0 Å². The molecular formula is C6H2Br4SZn. The number of hydrogen-bond acceptors (Lipinski definition) is 1. The Balaban J connectivity index is 0.00000121. The summed E-state index contributed by atoms with van der Waals surface area (Å²) in [5, 5.41) is 0. The van der Waals surface area contributed by atoms with Gasteiger partial charge in [-0.2, -0.15) is 0 Å². The zero-order valence-corrected chi connectivity index (χ0v) is 15.9. The van der Waals surface area contributed by atoms with E-state index in [0.29, 0.717) is 0 Å². The molecule has 1 rings (SSSR count). The van der Waals surface area contributed by atoms with E-state index in [1.807, 2.05) is 6.07 Å². The van der Waals surface area contributed by atoms with Gasteiger partial charge in [0.25, 0.3) is 0 Å². The monoisotopic (exact) mass is 486 g/mol. The molecule has 0 unspecified atom stereocenters. The van der Waals surface area contributed by atoms with Gasteiger partial charge in [0.1, 0.15) is 0 Å². The van der Waals surface area contributed by atoms with Crippen molar-refractivity contribution in [2.24, 2.45) is 0 Å². The maximum Gasteiger partial charge on any atom is 0.0473 e. The molecule has 0 heterocycles. The minimum Gasteiger partial charge on any atom is -0.141 e. The summed E-state index contributed by atoms with van der Waals surface area (Å²) < 4.78 is 3.88. The van der Waals surface area contributed by atoms with Crippen molar-refractivity contribution in [2.45, 2.75) is 4.90 Å². The van der Waals surface area contributed by atoms with Crippen LogP contribution in [0.4, 0.5) is 0 Å². The van der Waals surface area contributed by atoms with Gasteiger partial charge in [-0.15, -0.1) is 12.6 Å². The summed E-state index contributed by atoms with van der Waals surface area (Å²) in [4.78, 5) is 0.889. The molecule has 0 amide bonds. The number of hydrogen-bond donors (Lipinski definition) is 1. The van der Waals surface area contributed by atoms with E-state index in [2.05, 4.69) is 76.3 Å². The van der Waals surface area contributed by atoms with Crippen molar-refractivity contribution in [2.75, 3.05) is 0 Å². The van der Waals surface area contributed by atoms with Crippen molar-refractivity contribution >= 4 is 76.3 Å². The van der Waals surface area contributed by atoms with Crippen LogP contribution in [0.3, 0.4) is 0 Å². The molecule has 0 aliphatic carbocycles. The van der Waals surface area contributed by atoms with Crippen LogP contribution in [-0.4, -0.2) is 0 Å². The molecular weight excluding hydrogens is 489 g/mol. The van der Waals surface area contributed by atoms with Crippen LogP contribution in [0.15, 0.2) is 28.9 Å². The first-order valence-electron chi connectivity index (χ1n) is 2.56. The van der Waals surface area contributed by atoms with E-state index < -0.39 is 0 Å². The zero-order valence-electron chi connectivity index (χ0n) is 5.74. The van der Waals surface area contributed by atoms with Gasteiger partial charge in [-0.25, -0.2) is 0 Å². The maximum absolute atomic E-state index is 4.28. The van der Waals surface area contributed by atoms with Crippen molar-refractivity contribution < 1.29 is 19.5 Å². The summed E-state index contributed by atoms with van der Waals surface area (Å²) in [6.07, 6.45) is 0. The molecule has 0 bridgehead atoms. The fourth-order valence-electron chi connectivity index (χ4n) is 0.557. The third-order valence-corrected chi connectivity index (χ3v) is 6.10. The largest absolute Gasteiger partial charge is 0.141 e. The van der Waals surface area contributed by atoms with Crippen molar-refractivity contribution in [3.05, 3.63) is 24.0 Å². The van der Waals surface area contributed by atoms with Gasteiger partial charge in [0.2, 0.25) is 0 Å². The van der Waals surface area contributed by atoms with E-state index in [4.69, 9.17) is 0 Å². The Morgan fingerprint density at radius 1 is 0.917 bits per heavy atom. The maximum atomic E-state index is 4.28.